The first-order valence-corrected chi connectivity index (χ1v) is 5.64. The lowest BCUT2D eigenvalue weighted by molar-refractivity contribution is 0.281. The summed E-state index contributed by atoms with van der Waals surface area (Å²) < 4.78 is 5.60. The van der Waals surface area contributed by atoms with Gasteiger partial charge in [0.1, 0.15) is 18.0 Å². The van der Waals surface area contributed by atoms with Gasteiger partial charge in [-0.3, -0.25) is 10.7 Å². The molecule has 4 heteroatoms. The minimum absolute atomic E-state index is 0.0401. The maximum Gasteiger partial charge on any atom is 0.145 e. The van der Waals surface area contributed by atoms with Crippen LogP contribution in [0.5, 0.6) is 5.75 Å². The van der Waals surface area contributed by atoms with Crippen molar-refractivity contribution in [1.82, 2.24) is 0 Å². The van der Waals surface area contributed by atoms with Crippen molar-refractivity contribution < 1.29 is 15.1 Å². The van der Waals surface area contributed by atoms with Crippen LogP contribution in [0.3, 0.4) is 0 Å². The fraction of sp³-hybridized carbons (Fsp3) is 0.143. The Labute approximate surface area is 105 Å². The van der Waals surface area contributed by atoms with Crippen LogP contribution < -0.4 is 10.2 Å². The van der Waals surface area contributed by atoms with E-state index < -0.39 is 0 Å². The van der Waals surface area contributed by atoms with E-state index in [1.165, 1.54) is 0 Å². The Morgan fingerprint density at radius 1 is 0.944 bits per heavy atom. The average Bonchev–Trinajstić information content (AvgIpc) is 2.46. The highest BCUT2D eigenvalue weighted by Gasteiger charge is 2.02. The number of hydrogen-bond donors (Lipinski definition) is 3. The highest BCUT2D eigenvalue weighted by molar-refractivity contribution is 5.54. The summed E-state index contributed by atoms with van der Waals surface area (Å²) in [4.78, 5) is 0. The molecule has 94 valence electrons. The highest BCUT2D eigenvalue weighted by Crippen LogP contribution is 2.23. The van der Waals surface area contributed by atoms with E-state index in [1.54, 1.807) is 18.2 Å². The van der Waals surface area contributed by atoms with Gasteiger partial charge in [0.25, 0.3) is 0 Å². The molecule has 0 fully saturated rings. The molecule has 0 heterocycles. The number of nitrogens with one attached hydrogen (secondary N) is 1. The van der Waals surface area contributed by atoms with Gasteiger partial charge in [-0.2, -0.15) is 0 Å². The van der Waals surface area contributed by atoms with Gasteiger partial charge in [-0.25, -0.2) is 0 Å². The van der Waals surface area contributed by atoms with Gasteiger partial charge in [0, 0.05) is 0 Å². The summed E-state index contributed by atoms with van der Waals surface area (Å²) in [5.74, 6) is 0.589. The number of benzene rings is 2. The minimum atomic E-state index is 0.0401. The molecular formula is C14H15NO3. The van der Waals surface area contributed by atoms with Gasteiger partial charge in [-0.1, -0.05) is 36.4 Å². The molecule has 0 spiro atoms. The zero-order chi connectivity index (χ0) is 12.8. The zero-order valence-electron chi connectivity index (χ0n) is 9.84. The molecule has 0 saturated heterocycles. The topological polar surface area (TPSA) is 61.7 Å². The number of para-hydroxylation sites is 2. The van der Waals surface area contributed by atoms with Crippen molar-refractivity contribution in [2.75, 3.05) is 5.48 Å². The Morgan fingerprint density at radius 2 is 1.61 bits per heavy atom. The van der Waals surface area contributed by atoms with Crippen LogP contribution in [0.1, 0.15) is 11.1 Å². The number of hydrogen-bond acceptors (Lipinski definition) is 4. The van der Waals surface area contributed by atoms with Gasteiger partial charge in [0.05, 0.1) is 6.61 Å². The van der Waals surface area contributed by atoms with E-state index in [0.29, 0.717) is 18.0 Å². The van der Waals surface area contributed by atoms with Crippen LogP contribution in [-0.2, 0) is 13.2 Å². The summed E-state index contributed by atoms with van der Waals surface area (Å²) in [6, 6.07) is 14.7. The second-order valence-electron chi connectivity index (χ2n) is 3.87. The van der Waals surface area contributed by atoms with Crippen molar-refractivity contribution in [3.63, 3.8) is 0 Å². The molecule has 0 atom stereocenters. The monoisotopic (exact) mass is 245 g/mol. The molecule has 2 aromatic carbocycles. The van der Waals surface area contributed by atoms with Crippen LogP contribution in [0.15, 0.2) is 48.5 Å². The third kappa shape index (κ3) is 3.00. The van der Waals surface area contributed by atoms with Crippen molar-refractivity contribution in [3.05, 3.63) is 59.7 Å². The smallest absolute Gasteiger partial charge is 0.145 e. The molecular weight excluding hydrogens is 230 g/mol. The standard InChI is InChI=1S/C14H15NO3/c16-9-11-5-7-12(8-6-11)10-18-14-4-2-1-3-13(14)15-17/h1-8,15-17H,9-10H2. The average molecular weight is 245 g/mol. The van der Waals surface area contributed by atoms with Crippen LogP contribution in [-0.4, -0.2) is 10.3 Å². The van der Waals surface area contributed by atoms with E-state index in [0.717, 1.165) is 11.1 Å². The minimum Gasteiger partial charge on any atom is -0.487 e. The molecule has 2 rings (SSSR count). The van der Waals surface area contributed by atoms with E-state index in [9.17, 15) is 0 Å². The lowest BCUT2D eigenvalue weighted by Crippen LogP contribution is -1.99. The molecule has 0 aromatic heterocycles. The molecule has 0 radical (unpaired) electrons. The molecule has 0 unspecified atom stereocenters. The summed E-state index contributed by atoms with van der Waals surface area (Å²) in [5.41, 5.74) is 4.50. The molecule has 0 aliphatic rings. The third-order valence-corrected chi connectivity index (χ3v) is 2.61. The first-order chi connectivity index (χ1) is 8.83. The van der Waals surface area contributed by atoms with Crippen LogP contribution in [0.4, 0.5) is 5.69 Å². The van der Waals surface area contributed by atoms with Crippen LogP contribution >= 0.6 is 0 Å². The predicted molar refractivity (Wildman–Crippen MR) is 68.5 cm³/mol. The van der Waals surface area contributed by atoms with Crippen LogP contribution in [0.25, 0.3) is 0 Å². The van der Waals surface area contributed by atoms with E-state index in [4.69, 9.17) is 15.1 Å². The van der Waals surface area contributed by atoms with Crippen LogP contribution in [0, 0.1) is 0 Å². The van der Waals surface area contributed by atoms with Gasteiger partial charge >= 0.3 is 0 Å². The van der Waals surface area contributed by atoms with E-state index in [1.807, 2.05) is 30.3 Å². The van der Waals surface area contributed by atoms with Gasteiger partial charge in [-0.15, -0.1) is 0 Å². The van der Waals surface area contributed by atoms with Crippen molar-refractivity contribution in [2.45, 2.75) is 13.2 Å². The second kappa shape index (κ2) is 6.05. The summed E-state index contributed by atoms with van der Waals surface area (Å²) in [7, 11) is 0. The quantitative estimate of drug-likeness (QED) is 0.708. The van der Waals surface area contributed by atoms with Crippen LogP contribution in [0.2, 0.25) is 0 Å². The first-order valence-electron chi connectivity index (χ1n) is 5.64. The summed E-state index contributed by atoms with van der Waals surface area (Å²) in [6.45, 7) is 0.447. The largest absolute Gasteiger partial charge is 0.487 e. The molecule has 0 aliphatic heterocycles. The van der Waals surface area contributed by atoms with Gasteiger partial charge in [0.15, 0.2) is 0 Å². The first kappa shape index (κ1) is 12.4. The van der Waals surface area contributed by atoms with Gasteiger partial charge in [0.2, 0.25) is 0 Å². The molecule has 0 saturated carbocycles. The van der Waals surface area contributed by atoms with Crippen molar-refractivity contribution in [2.24, 2.45) is 0 Å². The Hall–Kier alpha value is -2.04. The fourth-order valence-corrected chi connectivity index (χ4v) is 1.59. The molecule has 0 aliphatic carbocycles. The Kier molecular flexibility index (Phi) is 4.17. The van der Waals surface area contributed by atoms with E-state index >= 15 is 0 Å². The molecule has 4 nitrogen and oxygen atoms in total. The van der Waals surface area contributed by atoms with Gasteiger partial charge in [-0.05, 0) is 23.3 Å². The summed E-state index contributed by atoms with van der Waals surface area (Å²) >= 11 is 0. The summed E-state index contributed by atoms with van der Waals surface area (Å²) in [6.07, 6.45) is 0. The molecule has 0 bridgehead atoms. The SMILES string of the molecule is OCc1ccc(COc2ccccc2NO)cc1. The lowest BCUT2D eigenvalue weighted by atomic mass is 10.1. The number of aliphatic hydroxyl groups excluding tert-OH is 1. The number of anilines is 1. The Balaban J connectivity index is 2.02. The molecule has 0 amide bonds. The van der Waals surface area contributed by atoms with E-state index in [2.05, 4.69) is 5.48 Å². The third-order valence-electron chi connectivity index (χ3n) is 2.61. The maximum atomic E-state index is 8.94. The predicted octanol–water partition coefficient (Wildman–Crippen LogP) is 2.56. The van der Waals surface area contributed by atoms with E-state index in [-0.39, 0.29) is 6.61 Å². The Bertz CT molecular complexity index is 497. The number of ether oxygens (including phenoxy) is 1. The summed E-state index contributed by atoms with van der Waals surface area (Å²) in [5, 5.41) is 17.9. The van der Waals surface area contributed by atoms with Crippen molar-refractivity contribution in [3.8, 4) is 5.75 Å². The zero-order valence-corrected chi connectivity index (χ0v) is 9.84. The number of rotatable bonds is 5. The fourth-order valence-electron chi connectivity index (χ4n) is 1.59. The Morgan fingerprint density at radius 3 is 2.28 bits per heavy atom. The second-order valence-corrected chi connectivity index (χ2v) is 3.87. The normalized spacial score (nSPS) is 10.1. The van der Waals surface area contributed by atoms with Crippen molar-refractivity contribution >= 4 is 5.69 Å². The highest BCUT2D eigenvalue weighted by atomic mass is 16.5. The lowest BCUT2D eigenvalue weighted by Gasteiger charge is -2.10. The maximum absolute atomic E-state index is 8.94. The van der Waals surface area contributed by atoms with Crippen molar-refractivity contribution in [1.29, 1.82) is 0 Å². The molecule has 3 N–H and O–H groups in total. The number of aliphatic hydroxyl groups is 1. The molecule has 2 aromatic rings. The van der Waals surface area contributed by atoms with Gasteiger partial charge < -0.3 is 9.84 Å². The molecule has 18 heavy (non-hydrogen) atoms.